The summed E-state index contributed by atoms with van der Waals surface area (Å²) in [5.41, 5.74) is -0.264. The van der Waals surface area contributed by atoms with Crippen LogP contribution >= 0.6 is 0 Å². The highest BCUT2D eigenvalue weighted by Gasteiger charge is 2.09. The highest BCUT2D eigenvalue weighted by molar-refractivity contribution is 5.77. The molecule has 5 heteroatoms. The topological polar surface area (TPSA) is 69.3 Å². The van der Waals surface area contributed by atoms with Crippen LogP contribution in [0.3, 0.4) is 0 Å². The number of rotatable bonds is 2. The summed E-state index contributed by atoms with van der Waals surface area (Å²) >= 11 is 0. The molecule has 0 radical (unpaired) electrons. The lowest BCUT2D eigenvalue weighted by atomic mass is 10.2. The van der Waals surface area contributed by atoms with Crippen molar-refractivity contribution in [3.63, 3.8) is 0 Å². The minimum atomic E-state index is -0.807. The molecule has 0 N–H and O–H groups in total. The number of ketones is 1. The van der Waals surface area contributed by atoms with Crippen molar-refractivity contribution >= 4 is 16.8 Å². The van der Waals surface area contributed by atoms with Gasteiger partial charge in [0.05, 0.1) is 11.9 Å². The minimum Gasteiger partial charge on any atom is -0.409 e. The maximum absolute atomic E-state index is 11.8. The van der Waals surface area contributed by atoms with Gasteiger partial charge in [-0.15, -0.1) is 0 Å². The molecule has 82 valence electrons. The second-order valence-corrected chi connectivity index (χ2v) is 3.46. The average molecular weight is 219 g/mol. The number of hydrogen-bond acceptors (Lipinski definition) is 4. The number of carbonyl (C=O) groups is 1. The van der Waals surface area contributed by atoms with Crippen LogP contribution in [0.4, 0.5) is 0 Å². The van der Waals surface area contributed by atoms with Gasteiger partial charge in [0.1, 0.15) is 11.4 Å². The van der Waals surface area contributed by atoms with Crippen LogP contribution in [0.15, 0.2) is 38.3 Å². The van der Waals surface area contributed by atoms with Gasteiger partial charge in [0.2, 0.25) is 0 Å². The van der Waals surface area contributed by atoms with E-state index in [0.29, 0.717) is 5.39 Å². The van der Waals surface area contributed by atoms with E-state index in [1.807, 2.05) is 0 Å². The molecule has 1 aromatic carbocycles. The molecule has 0 aliphatic rings. The fraction of sp³-hybridized carbons (Fsp3) is 0.182. The number of para-hydroxylation sites is 1. The summed E-state index contributed by atoms with van der Waals surface area (Å²) < 4.78 is 5.73. The summed E-state index contributed by atoms with van der Waals surface area (Å²) in [6.45, 7) is 1.05. The van der Waals surface area contributed by atoms with Crippen LogP contribution in [0.2, 0.25) is 0 Å². The molecule has 1 aromatic heterocycles. The van der Waals surface area contributed by atoms with Crippen LogP contribution in [0.25, 0.3) is 11.0 Å². The second-order valence-electron chi connectivity index (χ2n) is 3.46. The van der Waals surface area contributed by atoms with Gasteiger partial charge >= 0.3 is 5.76 Å². The average Bonchev–Trinajstić information content (AvgIpc) is 2.24. The van der Waals surface area contributed by atoms with Crippen LogP contribution in [-0.4, -0.2) is 10.4 Å². The van der Waals surface area contributed by atoms with Gasteiger partial charge in [0.15, 0.2) is 0 Å². The van der Waals surface area contributed by atoms with E-state index >= 15 is 0 Å². The summed E-state index contributed by atoms with van der Waals surface area (Å²) in [4.78, 5) is 34.2. The largest absolute Gasteiger partial charge is 0.422 e. The van der Waals surface area contributed by atoms with Crippen molar-refractivity contribution in [2.45, 2.75) is 13.5 Å². The standard InChI is InChI=1S/C11H9NO4/c1-7(13)6-12-10(14)8-4-2-3-5-9(8)16-11(12)15/h2-5H,6H2,1H3. The quantitative estimate of drug-likeness (QED) is 0.739. The van der Waals surface area contributed by atoms with E-state index in [2.05, 4.69) is 0 Å². The van der Waals surface area contributed by atoms with Crippen molar-refractivity contribution in [1.29, 1.82) is 0 Å². The zero-order valence-corrected chi connectivity index (χ0v) is 8.60. The SMILES string of the molecule is CC(=O)Cn1c(=O)oc2ccccc2c1=O. The summed E-state index contributed by atoms with van der Waals surface area (Å²) in [7, 11) is 0. The van der Waals surface area contributed by atoms with E-state index in [9.17, 15) is 14.4 Å². The molecule has 2 rings (SSSR count). The number of aromatic nitrogens is 1. The van der Waals surface area contributed by atoms with E-state index in [1.165, 1.54) is 13.0 Å². The maximum atomic E-state index is 11.8. The zero-order chi connectivity index (χ0) is 11.7. The molecule has 0 atom stereocenters. The van der Waals surface area contributed by atoms with Crippen molar-refractivity contribution in [2.75, 3.05) is 0 Å². The zero-order valence-electron chi connectivity index (χ0n) is 8.60. The van der Waals surface area contributed by atoms with Crippen LogP contribution in [0.5, 0.6) is 0 Å². The lowest BCUT2D eigenvalue weighted by Gasteiger charge is -2.01. The molecule has 0 fully saturated rings. The molecule has 0 saturated heterocycles. The Hall–Kier alpha value is -2.17. The number of hydrogen-bond donors (Lipinski definition) is 0. The van der Waals surface area contributed by atoms with Gasteiger partial charge in [-0.25, -0.2) is 9.36 Å². The first-order valence-corrected chi connectivity index (χ1v) is 4.71. The van der Waals surface area contributed by atoms with Crippen molar-refractivity contribution in [2.24, 2.45) is 0 Å². The molecule has 0 aliphatic carbocycles. The fourth-order valence-electron chi connectivity index (χ4n) is 1.47. The Kier molecular flexibility index (Phi) is 2.44. The summed E-state index contributed by atoms with van der Waals surface area (Å²) in [6.07, 6.45) is 0. The third-order valence-electron chi connectivity index (χ3n) is 2.16. The van der Waals surface area contributed by atoms with Gasteiger partial charge in [-0.2, -0.15) is 0 Å². The Morgan fingerprint density at radius 1 is 1.31 bits per heavy atom. The Morgan fingerprint density at radius 2 is 2.00 bits per heavy atom. The third-order valence-corrected chi connectivity index (χ3v) is 2.16. The Bertz CT molecular complexity index is 665. The van der Waals surface area contributed by atoms with Crippen molar-refractivity contribution < 1.29 is 9.21 Å². The van der Waals surface area contributed by atoms with Gasteiger partial charge < -0.3 is 4.42 Å². The minimum absolute atomic E-state index is 0.234. The number of Topliss-reactive ketones (excluding diaryl/α,β-unsaturated/α-hetero) is 1. The van der Waals surface area contributed by atoms with Gasteiger partial charge in [-0.3, -0.25) is 9.59 Å². The number of fused-ring (bicyclic) bond motifs is 1. The third kappa shape index (κ3) is 1.67. The highest BCUT2D eigenvalue weighted by Crippen LogP contribution is 2.05. The normalized spacial score (nSPS) is 10.6. The summed E-state index contributed by atoms with van der Waals surface area (Å²) in [6, 6.07) is 6.43. The van der Waals surface area contributed by atoms with Gasteiger partial charge in [-0.1, -0.05) is 12.1 Å². The molecule has 0 spiro atoms. The molecular formula is C11H9NO4. The molecule has 5 nitrogen and oxygen atoms in total. The lowest BCUT2D eigenvalue weighted by molar-refractivity contribution is -0.117. The lowest BCUT2D eigenvalue weighted by Crippen LogP contribution is -2.34. The number of nitrogens with zero attached hydrogens (tertiary/aromatic N) is 1. The predicted octanol–water partition coefficient (Wildman–Crippen LogP) is 0.544. The molecule has 0 amide bonds. The van der Waals surface area contributed by atoms with Crippen molar-refractivity contribution in [1.82, 2.24) is 4.57 Å². The van der Waals surface area contributed by atoms with Crippen LogP contribution in [0.1, 0.15) is 6.92 Å². The van der Waals surface area contributed by atoms with Crippen LogP contribution < -0.4 is 11.3 Å². The molecular weight excluding hydrogens is 210 g/mol. The van der Waals surface area contributed by atoms with Crippen molar-refractivity contribution in [3.05, 3.63) is 45.2 Å². The molecule has 2 aromatic rings. The Balaban J connectivity index is 2.81. The number of benzene rings is 1. The molecule has 0 aliphatic heterocycles. The van der Waals surface area contributed by atoms with Crippen LogP contribution in [-0.2, 0) is 11.3 Å². The van der Waals surface area contributed by atoms with E-state index in [0.717, 1.165) is 4.57 Å². The molecule has 0 saturated carbocycles. The van der Waals surface area contributed by atoms with Gasteiger partial charge in [-0.05, 0) is 19.1 Å². The van der Waals surface area contributed by atoms with E-state index < -0.39 is 11.3 Å². The first-order chi connectivity index (χ1) is 7.59. The van der Waals surface area contributed by atoms with Crippen LogP contribution in [0, 0.1) is 0 Å². The summed E-state index contributed by atoms with van der Waals surface area (Å²) in [5, 5.41) is 0.295. The van der Waals surface area contributed by atoms with E-state index in [1.54, 1.807) is 18.2 Å². The maximum Gasteiger partial charge on any atom is 0.422 e. The predicted molar refractivity (Wildman–Crippen MR) is 57.4 cm³/mol. The smallest absolute Gasteiger partial charge is 0.409 e. The second kappa shape index (κ2) is 3.77. The molecule has 0 bridgehead atoms. The fourth-order valence-corrected chi connectivity index (χ4v) is 1.47. The first kappa shape index (κ1) is 10.4. The monoisotopic (exact) mass is 219 g/mol. The Morgan fingerprint density at radius 3 is 2.69 bits per heavy atom. The molecule has 1 heterocycles. The highest BCUT2D eigenvalue weighted by atomic mass is 16.4. The van der Waals surface area contributed by atoms with Gasteiger partial charge in [0, 0.05) is 0 Å². The van der Waals surface area contributed by atoms with E-state index in [4.69, 9.17) is 4.42 Å². The molecule has 0 unspecified atom stereocenters. The summed E-state index contributed by atoms with van der Waals surface area (Å²) in [5.74, 6) is -1.08. The molecule has 16 heavy (non-hydrogen) atoms. The Labute approximate surface area is 89.9 Å². The van der Waals surface area contributed by atoms with Crippen molar-refractivity contribution in [3.8, 4) is 0 Å². The van der Waals surface area contributed by atoms with E-state index in [-0.39, 0.29) is 17.9 Å². The first-order valence-electron chi connectivity index (χ1n) is 4.71. The van der Waals surface area contributed by atoms with Gasteiger partial charge in [0.25, 0.3) is 5.56 Å². The number of carbonyl (C=O) groups excluding carboxylic acids is 1.